The first-order valence-electron chi connectivity index (χ1n) is 7.09. The third-order valence-corrected chi connectivity index (χ3v) is 4.87. The standard InChI is InChI=1S/C17H14BrN3OS/c18-14-8-6-12(7-9-14)10-15-16(22)20-17(23-15)21-19-11-13-4-2-1-3-5-13/h1-9,11,15H,10H2,(H,20,21,22)/b19-11+. The number of benzene rings is 2. The molecule has 116 valence electrons. The minimum absolute atomic E-state index is 0.0217. The van der Waals surface area contributed by atoms with Crippen molar-refractivity contribution in [3.63, 3.8) is 0 Å². The average molecular weight is 388 g/mol. The van der Waals surface area contributed by atoms with E-state index in [9.17, 15) is 4.79 Å². The van der Waals surface area contributed by atoms with Crippen molar-refractivity contribution in [2.75, 3.05) is 0 Å². The van der Waals surface area contributed by atoms with Crippen molar-refractivity contribution in [3.8, 4) is 0 Å². The quantitative estimate of drug-likeness (QED) is 0.643. The van der Waals surface area contributed by atoms with Crippen LogP contribution in [0.5, 0.6) is 0 Å². The van der Waals surface area contributed by atoms with Crippen molar-refractivity contribution in [2.45, 2.75) is 11.7 Å². The maximum Gasteiger partial charge on any atom is 0.239 e. The molecule has 1 aliphatic rings. The smallest absolute Gasteiger partial charge is 0.239 e. The monoisotopic (exact) mass is 387 g/mol. The van der Waals surface area contributed by atoms with Crippen LogP contribution in [0, 0.1) is 0 Å². The van der Waals surface area contributed by atoms with Crippen LogP contribution in [0.15, 0.2) is 69.3 Å². The van der Waals surface area contributed by atoms with Gasteiger partial charge in [-0.05, 0) is 29.7 Å². The summed E-state index contributed by atoms with van der Waals surface area (Å²) in [5.74, 6) is -0.0217. The highest BCUT2D eigenvalue weighted by Crippen LogP contribution is 2.24. The van der Waals surface area contributed by atoms with E-state index in [0.29, 0.717) is 11.6 Å². The first kappa shape index (κ1) is 16.0. The van der Waals surface area contributed by atoms with Crippen LogP contribution in [-0.2, 0) is 11.2 Å². The third kappa shape index (κ3) is 4.53. The molecule has 1 saturated heterocycles. The minimum Gasteiger partial charge on any atom is -0.303 e. The van der Waals surface area contributed by atoms with Gasteiger partial charge in [-0.2, -0.15) is 5.10 Å². The number of rotatable bonds is 4. The average Bonchev–Trinajstić information content (AvgIpc) is 2.90. The zero-order valence-corrected chi connectivity index (χ0v) is 14.5. The Hall–Kier alpha value is -1.92. The van der Waals surface area contributed by atoms with Gasteiger partial charge >= 0.3 is 0 Å². The molecule has 0 aromatic heterocycles. The summed E-state index contributed by atoms with van der Waals surface area (Å²) in [6, 6.07) is 17.7. The second-order valence-electron chi connectivity index (χ2n) is 4.99. The van der Waals surface area contributed by atoms with Gasteiger partial charge in [0.25, 0.3) is 0 Å². The van der Waals surface area contributed by atoms with Crippen LogP contribution in [0.4, 0.5) is 0 Å². The Kier molecular flexibility index (Phi) is 5.25. The predicted molar refractivity (Wildman–Crippen MR) is 98.8 cm³/mol. The van der Waals surface area contributed by atoms with Crippen molar-refractivity contribution in [3.05, 3.63) is 70.2 Å². The second-order valence-corrected chi connectivity index (χ2v) is 7.09. The Morgan fingerprint density at radius 1 is 1.13 bits per heavy atom. The fraction of sp³-hybridized carbons (Fsp3) is 0.118. The normalized spacial score (nSPS) is 19.4. The second kappa shape index (κ2) is 7.57. The van der Waals surface area contributed by atoms with E-state index in [2.05, 4.69) is 31.4 Å². The third-order valence-electron chi connectivity index (χ3n) is 3.27. The SMILES string of the molecule is O=C1N/C(=N\N=C\c2ccccc2)SC1Cc1ccc(Br)cc1. The van der Waals surface area contributed by atoms with Crippen molar-refractivity contribution in [1.29, 1.82) is 0 Å². The summed E-state index contributed by atoms with van der Waals surface area (Å²) in [4.78, 5) is 12.0. The number of hydrogen-bond donors (Lipinski definition) is 1. The molecule has 1 heterocycles. The Balaban J connectivity index is 1.61. The molecule has 1 N–H and O–H groups in total. The van der Waals surface area contributed by atoms with Gasteiger partial charge in [-0.25, -0.2) is 0 Å². The molecule has 0 saturated carbocycles. The Morgan fingerprint density at radius 3 is 2.61 bits per heavy atom. The molecular formula is C17H14BrN3OS. The molecule has 2 aromatic rings. The van der Waals surface area contributed by atoms with E-state index in [1.165, 1.54) is 11.8 Å². The molecule has 6 heteroatoms. The summed E-state index contributed by atoms with van der Waals surface area (Å²) in [5.41, 5.74) is 2.09. The molecule has 2 aromatic carbocycles. The first-order valence-corrected chi connectivity index (χ1v) is 8.76. The topological polar surface area (TPSA) is 53.8 Å². The van der Waals surface area contributed by atoms with Crippen LogP contribution in [-0.4, -0.2) is 22.5 Å². The molecule has 1 amide bonds. The van der Waals surface area contributed by atoms with E-state index in [1.54, 1.807) is 6.21 Å². The van der Waals surface area contributed by atoms with Gasteiger partial charge in [0.05, 0.1) is 11.5 Å². The van der Waals surface area contributed by atoms with E-state index >= 15 is 0 Å². The van der Waals surface area contributed by atoms with Gasteiger partial charge in [0.15, 0.2) is 5.17 Å². The van der Waals surface area contributed by atoms with Gasteiger partial charge in [-0.3, -0.25) is 4.79 Å². The van der Waals surface area contributed by atoms with E-state index in [0.717, 1.165) is 15.6 Å². The fourth-order valence-electron chi connectivity index (χ4n) is 2.11. The fourth-order valence-corrected chi connectivity index (χ4v) is 3.34. The number of carbonyl (C=O) groups excluding carboxylic acids is 1. The van der Waals surface area contributed by atoms with Gasteiger partial charge in [0, 0.05) is 4.47 Å². The van der Waals surface area contributed by atoms with Crippen LogP contribution in [0.3, 0.4) is 0 Å². The number of carbonyl (C=O) groups is 1. The van der Waals surface area contributed by atoms with Crippen LogP contribution < -0.4 is 5.32 Å². The number of nitrogens with zero attached hydrogens (tertiary/aromatic N) is 2. The number of thioether (sulfide) groups is 1. The van der Waals surface area contributed by atoms with Gasteiger partial charge in [-0.15, -0.1) is 5.10 Å². The molecule has 3 rings (SSSR count). The maximum atomic E-state index is 12.0. The van der Waals surface area contributed by atoms with E-state index in [4.69, 9.17) is 0 Å². The van der Waals surface area contributed by atoms with Crippen LogP contribution in [0.2, 0.25) is 0 Å². The highest BCUT2D eigenvalue weighted by Gasteiger charge is 2.30. The number of amides is 1. The number of hydrogen-bond acceptors (Lipinski definition) is 4. The van der Waals surface area contributed by atoms with Crippen molar-refractivity contribution >= 4 is 45.0 Å². The lowest BCUT2D eigenvalue weighted by molar-refractivity contribution is -0.118. The lowest BCUT2D eigenvalue weighted by atomic mass is 10.1. The van der Waals surface area contributed by atoms with E-state index < -0.39 is 0 Å². The van der Waals surface area contributed by atoms with Gasteiger partial charge < -0.3 is 5.32 Å². The van der Waals surface area contributed by atoms with Gasteiger partial charge in [0.2, 0.25) is 5.91 Å². The lowest BCUT2D eigenvalue weighted by Gasteiger charge is -2.05. The maximum absolute atomic E-state index is 12.0. The van der Waals surface area contributed by atoms with E-state index in [-0.39, 0.29) is 11.2 Å². The summed E-state index contributed by atoms with van der Waals surface area (Å²) >= 11 is 4.82. The molecule has 0 radical (unpaired) electrons. The molecule has 0 bridgehead atoms. The summed E-state index contributed by atoms with van der Waals surface area (Å²) < 4.78 is 1.03. The molecule has 1 atom stereocenters. The van der Waals surface area contributed by atoms with Crippen LogP contribution >= 0.6 is 27.7 Å². The predicted octanol–water partition coefficient (Wildman–Crippen LogP) is 3.61. The van der Waals surface area contributed by atoms with Crippen LogP contribution in [0.1, 0.15) is 11.1 Å². The number of amidine groups is 1. The van der Waals surface area contributed by atoms with Crippen LogP contribution in [0.25, 0.3) is 0 Å². The first-order chi connectivity index (χ1) is 11.2. The minimum atomic E-state index is -0.165. The van der Waals surface area contributed by atoms with Gasteiger partial charge in [-0.1, -0.05) is 70.2 Å². The molecule has 1 fully saturated rings. The Bertz CT molecular complexity index is 744. The molecule has 0 aliphatic carbocycles. The molecule has 23 heavy (non-hydrogen) atoms. The summed E-state index contributed by atoms with van der Waals surface area (Å²) in [6.07, 6.45) is 2.34. The summed E-state index contributed by atoms with van der Waals surface area (Å²) in [5, 5.41) is 11.3. The molecule has 4 nitrogen and oxygen atoms in total. The molecule has 0 spiro atoms. The molecular weight excluding hydrogens is 374 g/mol. The van der Waals surface area contributed by atoms with Crippen molar-refractivity contribution in [2.24, 2.45) is 10.2 Å². The van der Waals surface area contributed by atoms with E-state index in [1.807, 2.05) is 54.6 Å². The highest BCUT2D eigenvalue weighted by atomic mass is 79.9. The summed E-state index contributed by atoms with van der Waals surface area (Å²) in [7, 11) is 0. The summed E-state index contributed by atoms with van der Waals surface area (Å²) in [6.45, 7) is 0. The lowest BCUT2D eigenvalue weighted by Crippen LogP contribution is -2.25. The molecule has 1 unspecified atom stereocenters. The zero-order valence-electron chi connectivity index (χ0n) is 12.1. The largest absolute Gasteiger partial charge is 0.303 e. The van der Waals surface area contributed by atoms with Gasteiger partial charge in [0.1, 0.15) is 0 Å². The highest BCUT2D eigenvalue weighted by molar-refractivity contribution is 9.10. The Morgan fingerprint density at radius 2 is 1.87 bits per heavy atom. The zero-order chi connectivity index (χ0) is 16.1. The van der Waals surface area contributed by atoms with Crippen molar-refractivity contribution < 1.29 is 4.79 Å². The number of nitrogens with one attached hydrogen (secondary N) is 1. The molecule has 1 aliphatic heterocycles. The Labute approximate surface area is 147 Å². The van der Waals surface area contributed by atoms with Crippen molar-refractivity contribution in [1.82, 2.24) is 5.32 Å². The number of halogens is 1.